The summed E-state index contributed by atoms with van der Waals surface area (Å²) in [7, 11) is 0. The Bertz CT molecular complexity index is 612. The molecule has 1 aliphatic heterocycles. The molecule has 118 valence electrons. The largest absolute Gasteiger partial charge is 0.468 e. The number of hydrogen-bond acceptors (Lipinski definition) is 4. The average Bonchev–Trinajstić information content (AvgIpc) is 3.18. The topological polar surface area (TPSA) is 54.5 Å². The summed E-state index contributed by atoms with van der Waals surface area (Å²) in [4.78, 5) is 16.8. The van der Waals surface area contributed by atoms with Crippen LogP contribution in [0.2, 0.25) is 0 Å². The van der Waals surface area contributed by atoms with Gasteiger partial charge in [-0.2, -0.15) is 5.10 Å². The Morgan fingerprint density at radius 2 is 2.14 bits per heavy atom. The minimum absolute atomic E-state index is 0.140. The first-order valence-corrected chi connectivity index (χ1v) is 7.68. The van der Waals surface area contributed by atoms with Gasteiger partial charge in [-0.25, -0.2) is 0 Å². The number of hydrogen-bond donors (Lipinski definition) is 0. The standard InChI is InChI=1S/C16H22N4O2/c1-13-10-17-20(11-13)14(2)16(21)19-7-5-18(6-8-19)12-15-4-3-9-22-15/h3-4,9-11,14H,5-8,12H2,1-2H3. The van der Waals surface area contributed by atoms with E-state index in [-0.39, 0.29) is 11.9 Å². The molecule has 22 heavy (non-hydrogen) atoms. The predicted molar refractivity (Wildman–Crippen MR) is 82.2 cm³/mol. The molecule has 0 saturated carbocycles. The molecule has 6 heteroatoms. The first kappa shape index (κ1) is 14.8. The molecule has 0 N–H and O–H groups in total. The zero-order chi connectivity index (χ0) is 15.5. The Morgan fingerprint density at radius 1 is 1.36 bits per heavy atom. The van der Waals surface area contributed by atoms with E-state index >= 15 is 0 Å². The van der Waals surface area contributed by atoms with Crippen LogP contribution in [0, 0.1) is 6.92 Å². The van der Waals surface area contributed by atoms with Crippen molar-refractivity contribution in [1.29, 1.82) is 0 Å². The second kappa shape index (κ2) is 6.36. The smallest absolute Gasteiger partial charge is 0.247 e. The number of amides is 1. The molecule has 1 unspecified atom stereocenters. The maximum absolute atomic E-state index is 12.6. The number of aromatic nitrogens is 2. The fraction of sp³-hybridized carbons (Fsp3) is 0.500. The van der Waals surface area contributed by atoms with Crippen molar-refractivity contribution in [3.8, 4) is 0 Å². The van der Waals surface area contributed by atoms with E-state index in [4.69, 9.17) is 4.42 Å². The third-order valence-corrected chi connectivity index (χ3v) is 4.13. The summed E-state index contributed by atoms with van der Waals surface area (Å²) in [6.07, 6.45) is 5.39. The predicted octanol–water partition coefficient (Wildman–Crippen LogP) is 1.69. The number of rotatable bonds is 4. The van der Waals surface area contributed by atoms with Gasteiger partial charge in [-0.1, -0.05) is 0 Å². The van der Waals surface area contributed by atoms with Crippen LogP contribution in [0.15, 0.2) is 35.2 Å². The first-order chi connectivity index (χ1) is 10.6. The Kier molecular flexibility index (Phi) is 4.29. The summed E-state index contributed by atoms with van der Waals surface area (Å²) in [5, 5.41) is 4.24. The van der Waals surface area contributed by atoms with E-state index in [0.29, 0.717) is 0 Å². The first-order valence-electron chi connectivity index (χ1n) is 7.68. The molecule has 3 heterocycles. The van der Waals surface area contributed by atoms with Gasteiger partial charge in [-0.15, -0.1) is 0 Å². The van der Waals surface area contributed by atoms with E-state index in [2.05, 4.69) is 10.00 Å². The molecular weight excluding hydrogens is 280 g/mol. The number of furan rings is 1. The molecular formula is C16H22N4O2. The zero-order valence-corrected chi connectivity index (χ0v) is 13.1. The molecule has 1 atom stereocenters. The van der Waals surface area contributed by atoms with Crippen molar-refractivity contribution in [3.63, 3.8) is 0 Å². The van der Waals surface area contributed by atoms with Crippen LogP contribution in [0.1, 0.15) is 24.3 Å². The number of carbonyl (C=O) groups excluding carboxylic acids is 1. The Morgan fingerprint density at radius 3 is 2.73 bits per heavy atom. The van der Waals surface area contributed by atoms with Crippen molar-refractivity contribution in [2.24, 2.45) is 0 Å². The third-order valence-electron chi connectivity index (χ3n) is 4.13. The van der Waals surface area contributed by atoms with Gasteiger partial charge >= 0.3 is 0 Å². The van der Waals surface area contributed by atoms with Gasteiger partial charge in [0.1, 0.15) is 11.8 Å². The Hall–Kier alpha value is -2.08. The molecule has 1 fully saturated rings. The van der Waals surface area contributed by atoms with Gasteiger partial charge in [0, 0.05) is 32.4 Å². The van der Waals surface area contributed by atoms with E-state index in [0.717, 1.165) is 44.0 Å². The maximum atomic E-state index is 12.6. The van der Waals surface area contributed by atoms with Crippen LogP contribution in [0.4, 0.5) is 0 Å². The second-order valence-electron chi connectivity index (χ2n) is 5.85. The summed E-state index contributed by atoms with van der Waals surface area (Å²) >= 11 is 0. The number of piperazine rings is 1. The molecule has 1 aliphatic rings. The van der Waals surface area contributed by atoms with Gasteiger partial charge < -0.3 is 9.32 Å². The van der Waals surface area contributed by atoms with Crippen LogP contribution in [0.25, 0.3) is 0 Å². The van der Waals surface area contributed by atoms with E-state index in [1.54, 1.807) is 17.1 Å². The molecule has 0 radical (unpaired) electrons. The van der Waals surface area contributed by atoms with Crippen LogP contribution in [-0.4, -0.2) is 51.7 Å². The minimum atomic E-state index is -0.245. The van der Waals surface area contributed by atoms with Crippen molar-refractivity contribution < 1.29 is 9.21 Å². The van der Waals surface area contributed by atoms with Crippen molar-refractivity contribution in [3.05, 3.63) is 42.1 Å². The average molecular weight is 302 g/mol. The lowest BCUT2D eigenvalue weighted by molar-refractivity contribution is -0.136. The highest BCUT2D eigenvalue weighted by Gasteiger charge is 2.26. The zero-order valence-electron chi connectivity index (χ0n) is 13.1. The number of carbonyl (C=O) groups is 1. The molecule has 6 nitrogen and oxygen atoms in total. The molecule has 2 aromatic rings. The molecule has 1 amide bonds. The highest BCUT2D eigenvalue weighted by molar-refractivity contribution is 5.80. The highest BCUT2D eigenvalue weighted by Crippen LogP contribution is 2.14. The van der Waals surface area contributed by atoms with Crippen molar-refractivity contribution >= 4 is 5.91 Å². The van der Waals surface area contributed by atoms with Crippen molar-refractivity contribution in [2.75, 3.05) is 26.2 Å². The third kappa shape index (κ3) is 3.22. The molecule has 0 aromatic carbocycles. The molecule has 0 spiro atoms. The van der Waals surface area contributed by atoms with Gasteiger partial charge in [-0.05, 0) is 31.5 Å². The fourth-order valence-electron chi connectivity index (χ4n) is 2.77. The van der Waals surface area contributed by atoms with Crippen LogP contribution in [0.3, 0.4) is 0 Å². The molecule has 0 bridgehead atoms. The SMILES string of the molecule is Cc1cnn(C(C)C(=O)N2CCN(Cc3ccco3)CC2)c1. The second-order valence-corrected chi connectivity index (χ2v) is 5.85. The summed E-state index contributed by atoms with van der Waals surface area (Å²) in [6.45, 7) is 7.95. The fourth-order valence-corrected chi connectivity index (χ4v) is 2.77. The Balaban J connectivity index is 1.53. The van der Waals surface area contributed by atoms with Crippen LogP contribution < -0.4 is 0 Å². The van der Waals surface area contributed by atoms with E-state index < -0.39 is 0 Å². The van der Waals surface area contributed by atoms with Crippen molar-refractivity contribution in [2.45, 2.75) is 26.4 Å². The van der Waals surface area contributed by atoms with Gasteiger partial charge in [0.15, 0.2) is 0 Å². The molecule has 3 rings (SSSR count). The number of nitrogens with zero attached hydrogens (tertiary/aromatic N) is 4. The normalized spacial score (nSPS) is 17.6. The van der Waals surface area contributed by atoms with Gasteiger partial charge in [0.2, 0.25) is 5.91 Å². The summed E-state index contributed by atoms with van der Waals surface area (Å²) in [5.74, 6) is 1.11. The molecule has 1 saturated heterocycles. The highest BCUT2D eigenvalue weighted by atomic mass is 16.3. The van der Waals surface area contributed by atoms with E-state index in [1.165, 1.54) is 0 Å². The molecule has 2 aromatic heterocycles. The minimum Gasteiger partial charge on any atom is -0.468 e. The van der Waals surface area contributed by atoms with Gasteiger partial charge in [-0.3, -0.25) is 14.4 Å². The monoisotopic (exact) mass is 302 g/mol. The van der Waals surface area contributed by atoms with E-state index in [1.807, 2.05) is 37.1 Å². The van der Waals surface area contributed by atoms with Crippen LogP contribution >= 0.6 is 0 Å². The lowest BCUT2D eigenvalue weighted by atomic mass is 10.2. The van der Waals surface area contributed by atoms with Crippen LogP contribution in [0.5, 0.6) is 0 Å². The quantitative estimate of drug-likeness (QED) is 0.862. The maximum Gasteiger partial charge on any atom is 0.247 e. The molecule has 0 aliphatic carbocycles. The summed E-state index contributed by atoms with van der Waals surface area (Å²) < 4.78 is 7.12. The van der Waals surface area contributed by atoms with Crippen LogP contribution in [-0.2, 0) is 11.3 Å². The van der Waals surface area contributed by atoms with Gasteiger partial charge in [0.25, 0.3) is 0 Å². The summed E-state index contributed by atoms with van der Waals surface area (Å²) in [5.41, 5.74) is 1.07. The van der Waals surface area contributed by atoms with Crippen molar-refractivity contribution in [1.82, 2.24) is 19.6 Å². The van der Waals surface area contributed by atoms with E-state index in [9.17, 15) is 4.79 Å². The number of aryl methyl sites for hydroxylation is 1. The Labute approximate surface area is 130 Å². The lowest BCUT2D eigenvalue weighted by Gasteiger charge is -2.35. The lowest BCUT2D eigenvalue weighted by Crippen LogP contribution is -2.49. The summed E-state index contributed by atoms with van der Waals surface area (Å²) in [6, 6.07) is 3.65. The van der Waals surface area contributed by atoms with Gasteiger partial charge in [0.05, 0.1) is 19.0 Å².